The van der Waals surface area contributed by atoms with E-state index in [4.69, 9.17) is 43.1 Å². The molecule has 5 aromatic rings. The number of pyridine rings is 1. The summed E-state index contributed by atoms with van der Waals surface area (Å²) in [6, 6.07) is 30.3. The Labute approximate surface area is 554 Å². The number of hydrogen-bond acceptors (Lipinski definition) is 21. The number of cyclic esters (lactones) is 1. The Morgan fingerprint density at radius 1 is 0.833 bits per heavy atom. The van der Waals surface area contributed by atoms with Crippen molar-refractivity contribution in [2.24, 2.45) is 21.7 Å². The molecule has 12 rings (SSSR count). The van der Waals surface area contributed by atoms with Gasteiger partial charge in [-0.15, -0.1) is 0 Å². The summed E-state index contributed by atoms with van der Waals surface area (Å²) < 4.78 is 43.5. The predicted octanol–water partition coefficient (Wildman–Crippen LogP) is 8.24. The summed E-state index contributed by atoms with van der Waals surface area (Å²) in [6.07, 6.45) is -3.82. The number of unbranched alkanes of at least 4 members (excludes halogenated alkanes) is 2. The number of benzene rings is 4. The fraction of sp³-hybridized carbons (Fsp3) is 0.432. The molecule has 502 valence electrons. The van der Waals surface area contributed by atoms with Gasteiger partial charge in [0.15, 0.2) is 23.6 Å². The Morgan fingerprint density at radius 2 is 1.51 bits per heavy atom. The van der Waals surface area contributed by atoms with E-state index in [9.17, 15) is 48.9 Å². The van der Waals surface area contributed by atoms with Gasteiger partial charge in [-0.3, -0.25) is 33.8 Å². The van der Waals surface area contributed by atoms with E-state index in [1.807, 2.05) is 42.8 Å². The number of carbonyl (C=O) groups excluding carboxylic acids is 8. The molecule has 2 saturated carbocycles. The van der Waals surface area contributed by atoms with Crippen LogP contribution >= 0.6 is 0 Å². The molecule has 1 amide bonds. The zero-order chi connectivity index (χ0) is 68.2. The van der Waals surface area contributed by atoms with Gasteiger partial charge < -0.3 is 58.7 Å². The summed E-state index contributed by atoms with van der Waals surface area (Å²) in [7, 11) is 0. The molecular formula is C74H78N4O18. The maximum absolute atomic E-state index is 16.5. The highest BCUT2D eigenvalue weighted by Crippen LogP contribution is 2.65. The van der Waals surface area contributed by atoms with Crippen LogP contribution in [-0.2, 0) is 68.5 Å². The number of aliphatic hydroxyl groups is 3. The topological polar surface area (TPSA) is 302 Å². The lowest BCUT2D eigenvalue weighted by molar-refractivity contribution is -0.346. The monoisotopic (exact) mass is 1310 g/mol. The van der Waals surface area contributed by atoms with Crippen molar-refractivity contribution in [2.45, 2.75) is 172 Å². The highest BCUT2D eigenvalue weighted by atomic mass is 16.7. The van der Waals surface area contributed by atoms with Crippen molar-refractivity contribution in [3.05, 3.63) is 183 Å². The number of esters is 6. The first-order chi connectivity index (χ1) is 45.8. The number of amides is 1. The number of ether oxygens (including phenoxy) is 7. The van der Waals surface area contributed by atoms with Gasteiger partial charge >= 0.3 is 35.8 Å². The molecule has 2 unspecified atom stereocenters. The predicted molar refractivity (Wildman–Crippen MR) is 345 cm³/mol. The molecule has 2 saturated heterocycles. The SMILES string of the molecule is CC[C@@]1(O)OC(=O)CC2=CN3Cc4c(nc5ccccc5c4C=NCCCCCC(=O)O[C@H]4C[C@H]5OC[C@@]5(OC(C)=O)C5[C@H](OC(=O)c6ccccc6)[C@]6(O)C[C@H](OC(=O)[C@H](O)[C@@H](NC(=O)c7ccccc7)c7ccccc7)C(C)=C([C@@H](OC(C)=O)C(=O)[C@@]54C)C6(C)C)C3C=C21. The van der Waals surface area contributed by atoms with Crippen molar-refractivity contribution in [1.82, 2.24) is 15.2 Å². The summed E-state index contributed by atoms with van der Waals surface area (Å²) >= 11 is 0. The molecule has 4 fully saturated rings. The number of fused-ring (bicyclic) bond motifs is 10. The second kappa shape index (κ2) is 26.1. The van der Waals surface area contributed by atoms with Crippen LogP contribution < -0.4 is 5.32 Å². The fourth-order valence-electron chi connectivity index (χ4n) is 15.7. The van der Waals surface area contributed by atoms with Crippen molar-refractivity contribution in [3.8, 4) is 0 Å². The van der Waals surface area contributed by atoms with Crippen LogP contribution in [0.4, 0.5) is 0 Å². The molecule has 4 N–H and O–H groups in total. The van der Waals surface area contributed by atoms with E-state index in [0.29, 0.717) is 49.1 Å². The molecular weight excluding hydrogens is 1230 g/mol. The normalized spacial score (nSPS) is 29.0. The molecule has 22 nitrogen and oxygen atoms in total. The summed E-state index contributed by atoms with van der Waals surface area (Å²) in [5, 5.41) is 41.4. The molecule has 13 atom stereocenters. The van der Waals surface area contributed by atoms with Gasteiger partial charge in [0.05, 0.1) is 53.2 Å². The van der Waals surface area contributed by atoms with Gasteiger partial charge in [0, 0.05) is 98.1 Å². The van der Waals surface area contributed by atoms with Crippen molar-refractivity contribution in [3.63, 3.8) is 0 Å². The lowest BCUT2D eigenvalue weighted by Crippen LogP contribution is -2.82. The average molecular weight is 1310 g/mol. The fourth-order valence-corrected chi connectivity index (χ4v) is 15.7. The van der Waals surface area contributed by atoms with E-state index >= 15 is 4.79 Å². The van der Waals surface area contributed by atoms with Crippen molar-refractivity contribution in [2.75, 3.05) is 13.2 Å². The first-order valence-corrected chi connectivity index (χ1v) is 32.6. The van der Waals surface area contributed by atoms with Crippen LogP contribution in [0.2, 0.25) is 0 Å². The second-order valence-corrected chi connectivity index (χ2v) is 26.7. The largest absolute Gasteiger partial charge is 0.461 e. The first-order valence-electron chi connectivity index (χ1n) is 32.6. The molecule has 0 spiro atoms. The molecule has 0 radical (unpaired) electrons. The van der Waals surface area contributed by atoms with E-state index < -0.39 is 130 Å². The number of carbonyl (C=O) groups is 8. The molecule has 2 bridgehead atoms. The molecule has 3 aliphatic carbocycles. The van der Waals surface area contributed by atoms with Gasteiger partial charge in [-0.05, 0) is 85.4 Å². The van der Waals surface area contributed by atoms with Crippen molar-refractivity contribution >= 4 is 64.6 Å². The molecule has 1 aromatic heterocycles. The molecule has 4 aromatic carbocycles. The smallest absolute Gasteiger partial charge is 0.338 e. The number of rotatable bonds is 19. The zero-order valence-corrected chi connectivity index (χ0v) is 54.5. The van der Waals surface area contributed by atoms with E-state index in [1.54, 1.807) is 99.6 Å². The van der Waals surface area contributed by atoms with E-state index in [0.717, 1.165) is 41.6 Å². The lowest BCUT2D eigenvalue weighted by atomic mass is 9.44. The van der Waals surface area contributed by atoms with Crippen LogP contribution in [0.1, 0.15) is 155 Å². The number of hydrogen-bond donors (Lipinski definition) is 4. The minimum atomic E-state index is -2.51. The van der Waals surface area contributed by atoms with Crippen molar-refractivity contribution < 1.29 is 86.8 Å². The molecule has 4 aliphatic heterocycles. The highest BCUT2D eigenvalue weighted by Gasteiger charge is 2.79. The van der Waals surface area contributed by atoms with Crippen LogP contribution in [0.15, 0.2) is 155 Å². The number of nitrogens with one attached hydrogen (secondary N) is 1. The van der Waals surface area contributed by atoms with Gasteiger partial charge in [-0.25, -0.2) is 14.6 Å². The maximum Gasteiger partial charge on any atom is 0.338 e. The quantitative estimate of drug-likeness (QED) is 0.0199. The standard InChI is InChI=1S/C74H78N4O18/c1-8-74(89)51-34-53-61-50(39-78(53)38-47(51)33-58(82)96-74)49(48-29-20-21-30-52(48)76-61)37-75-32-22-12-19-31-57(81)93-55-35-56-72(40-90-56,95-43(4)80)64-66(94-68(86)46-27-17-11-18-28-46)73(88)36-54(41(2)59(70(73,5)6)63(91-42(3)79)65(84)71(55,64)7)92-69(87)62(83)60(44-23-13-9-14-24-44)77-67(85)45-25-15-10-16-26-45/h9-11,13-18,20-21,23-30,34,37-38,53-56,60,62-64,66,83,88-89H,8,12,19,22,31-33,35-36,39-40H2,1-7H3,(H,77,85)/t53?,54-,55-,56+,60-,62+,63+,64?,66-,71+,72-,73+,74+/m0/s1. The molecule has 96 heavy (non-hydrogen) atoms. The van der Waals surface area contributed by atoms with Gasteiger partial charge in [0.1, 0.15) is 30.0 Å². The number of nitrogens with zero attached hydrogens (tertiary/aromatic N) is 3. The summed E-state index contributed by atoms with van der Waals surface area (Å²) in [5.74, 6) is -10.1. The van der Waals surface area contributed by atoms with Crippen LogP contribution in [0.5, 0.6) is 0 Å². The number of para-hydroxylation sites is 1. The van der Waals surface area contributed by atoms with E-state index in [-0.39, 0.29) is 60.6 Å². The first kappa shape index (κ1) is 66.8. The molecule has 22 heteroatoms. The number of aliphatic hydroxyl groups excluding tert-OH is 1. The number of ketones is 1. The third-order valence-corrected chi connectivity index (χ3v) is 20.7. The Balaban J connectivity index is 0.838. The van der Waals surface area contributed by atoms with Crippen LogP contribution in [0, 0.1) is 16.7 Å². The maximum atomic E-state index is 16.5. The minimum Gasteiger partial charge on any atom is -0.461 e. The van der Waals surface area contributed by atoms with Crippen molar-refractivity contribution in [1.29, 1.82) is 0 Å². The van der Waals surface area contributed by atoms with Crippen LogP contribution in [0.25, 0.3) is 10.9 Å². The highest BCUT2D eigenvalue weighted by molar-refractivity contribution is 6.01. The molecule has 5 heterocycles. The Hall–Kier alpha value is -9.22. The van der Waals surface area contributed by atoms with Gasteiger partial charge in [0.25, 0.3) is 5.91 Å². The van der Waals surface area contributed by atoms with Crippen LogP contribution in [0.3, 0.4) is 0 Å². The third-order valence-electron chi connectivity index (χ3n) is 20.7. The average Bonchev–Trinajstić information content (AvgIpc) is 0.779. The third kappa shape index (κ3) is 11.8. The Bertz CT molecular complexity index is 4080. The zero-order valence-electron chi connectivity index (χ0n) is 54.5. The van der Waals surface area contributed by atoms with Gasteiger partial charge in [-0.1, -0.05) is 112 Å². The lowest BCUT2D eigenvalue weighted by Gasteiger charge is -2.67. The van der Waals surface area contributed by atoms with E-state index in [1.165, 1.54) is 26.0 Å². The van der Waals surface area contributed by atoms with Gasteiger partial charge in [-0.2, -0.15) is 0 Å². The molecule has 7 aliphatic rings. The number of Topliss-reactive ketones (excluding diaryl/α,β-unsaturated/α-hetero) is 1. The minimum absolute atomic E-state index is 0.0274. The van der Waals surface area contributed by atoms with E-state index in [2.05, 4.69) is 10.2 Å². The number of aromatic nitrogens is 1. The Kier molecular flexibility index (Phi) is 18.1. The van der Waals surface area contributed by atoms with Gasteiger partial charge in [0.2, 0.25) is 5.79 Å². The second-order valence-electron chi connectivity index (χ2n) is 26.7. The van der Waals surface area contributed by atoms with Crippen LogP contribution in [-0.4, -0.2) is 146 Å². The summed E-state index contributed by atoms with van der Waals surface area (Å²) in [6.45, 7) is 10.6. The number of aliphatic imine (C=N–C) groups is 1. The summed E-state index contributed by atoms with van der Waals surface area (Å²) in [4.78, 5) is 126. The summed E-state index contributed by atoms with van der Waals surface area (Å²) in [5.41, 5.74) is -3.00. The Morgan fingerprint density at radius 3 is 2.18 bits per heavy atom.